The van der Waals surface area contributed by atoms with Crippen LogP contribution in [0.25, 0.3) is 0 Å². The number of ether oxygens (including phenoxy) is 4. The number of anilines is 1. The second-order valence-corrected chi connectivity index (χ2v) is 18.1. The van der Waals surface area contributed by atoms with E-state index in [4.69, 9.17) is 30.5 Å². The van der Waals surface area contributed by atoms with Crippen LogP contribution >= 0.6 is 11.6 Å². The maximum atomic E-state index is 14.3. The fourth-order valence-corrected chi connectivity index (χ4v) is 11.0. The van der Waals surface area contributed by atoms with Gasteiger partial charge in [-0.3, -0.25) is 4.79 Å². The minimum Gasteiger partial charge on any atom is -0.490 e. The van der Waals surface area contributed by atoms with Crippen molar-refractivity contribution in [2.45, 2.75) is 74.7 Å². The molecule has 7 atom stereocenters. The Balaban J connectivity index is 1.24. The van der Waals surface area contributed by atoms with Gasteiger partial charge in [-0.1, -0.05) is 54.9 Å². The van der Waals surface area contributed by atoms with Gasteiger partial charge in [0, 0.05) is 49.7 Å². The molecule has 1 fully saturated rings. The van der Waals surface area contributed by atoms with Gasteiger partial charge in [0.25, 0.3) is 5.91 Å². The van der Waals surface area contributed by atoms with Gasteiger partial charge in [-0.15, -0.1) is 0 Å². The molecule has 0 aromatic heterocycles. The zero-order valence-corrected chi connectivity index (χ0v) is 33.3. The highest BCUT2D eigenvalue weighted by Crippen LogP contribution is 2.47. The van der Waals surface area contributed by atoms with E-state index in [0.29, 0.717) is 36.8 Å². The van der Waals surface area contributed by atoms with E-state index in [1.807, 2.05) is 19.1 Å². The quantitative estimate of drug-likeness (QED) is 0.197. The first-order chi connectivity index (χ1) is 26.5. The van der Waals surface area contributed by atoms with Crippen LogP contribution in [0, 0.1) is 17.8 Å². The standard InChI is InChI=1S/C43H51ClN2O8S/c1-28-9-7-13-38(52-3)35-17-14-32(35)24-46-26-43(20-8-12-30-21-33(44)16-18-36(30)43)27-53-39-19-15-31(22-37(39)46)41(47)45-55(49,50)40(28)23-34(25-51-2)54-42(48)29-10-5-4-6-11-29/h4-7,10-11,13,15-16,18-19,21-22,28,32,34-35,38,40H,8-9,12,14,17,20,23-27H2,1-3H3,(H,45,47)/b13-7-/t28-,32-,34-,35+,38-,40+,43-/m0/s1. The average Bonchev–Trinajstić information content (AvgIpc) is 3.31. The number of nitrogens with one attached hydrogen (secondary N) is 1. The third kappa shape index (κ3) is 8.45. The molecule has 1 saturated carbocycles. The molecular weight excluding hydrogens is 740 g/mol. The summed E-state index contributed by atoms with van der Waals surface area (Å²) in [4.78, 5) is 29.5. The molecule has 3 aromatic carbocycles. The Labute approximate surface area is 329 Å². The van der Waals surface area contributed by atoms with Gasteiger partial charge in [0.2, 0.25) is 10.0 Å². The molecule has 294 valence electrons. The molecule has 12 heteroatoms. The number of carbonyl (C=O) groups is 2. The number of allylic oxidation sites excluding steroid dienone is 1. The van der Waals surface area contributed by atoms with Crippen molar-refractivity contribution >= 4 is 39.2 Å². The molecule has 1 amide bonds. The maximum absolute atomic E-state index is 14.3. The number of esters is 1. The summed E-state index contributed by atoms with van der Waals surface area (Å²) in [6.07, 6.45) is 8.29. The Bertz CT molecular complexity index is 2010. The maximum Gasteiger partial charge on any atom is 0.338 e. The second kappa shape index (κ2) is 16.7. The zero-order valence-electron chi connectivity index (χ0n) is 31.7. The monoisotopic (exact) mass is 790 g/mol. The third-order valence-electron chi connectivity index (χ3n) is 12.2. The molecular formula is C43H51ClN2O8S. The lowest BCUT2D eigenvalue weighted by Gasteiger charge is -2.46. The molecule has 1 N–H and O–H groups in total. The summed E-state index contributed by atoms with van der Waals surface area (Å²) in [5.41, 5.74) is 3.52. The lowest BCUT2D eigenvalue weighted by Crippen LogP contribution is -2.49. The highest BCUT2D eigenvalue weighted by Gasteiger charge is 2.45. The number of nitrogens with zero attached hydrogens (tertiary/aromatic N) is 1. The summed E-state index contributed by atoms with van der Waals surface area (Å²) >= 11 is 6.46. The van der Waals surface area contributed by atoms with E-state index in [1.54, 1.807) is 55.6 Å². The lowest BCUT2D eigenvalue weighted by molar-refractivity contribution is 0.00165. The van der Waals surface area contributed by atoms with Crippen LogP contribution in [0.2, 0.25) is 5.02 Å². The fraction of sp³-hybridized carbons (Fsp3) is 0.488. The number of benzene rings is 3. The Morgan fingerprint density at radius 2 is 1.91 bits per heavy atom. The summed E-state index contributed by atoms with van der Waals surface area (Å²) in [5.74, 6) is -0.520. The number of halogens is 1. The molecule has 2 bridgehead atoms. The van der Waals surface area contributed by atoms with Gasteiger partial charge in [-0.05, 0) is 110 Å². The zero-order chi connectivity index (χ0) is 38.7. The molecule has 1 spiro atoms. The molecule has 10 nitrogen and oxygen atoms in total. The van der Waals surface area contributed by atoms with Crippen LogP contribution in [0.15, 0.2) is 78.9 Å². The lowest BCUT2D eigenvalue weighted by atomic mass is 9.68. The van der Waals surface area contributed by atoms with Crippen molar-refractivity contribution in [2.24, 2.45) is 17.8 Å². The fourth-order valence-electron chi connectivity index (χ4n) is 9.09. The minimum atomic E-state index is -4.31. The molecule has 0 radical (unpaired) electrons. The largest absolute Gasteiger partial charge is 0.490 e. The van der Waals surface area contributed by atoms with Crippen LogP contribution in [0.3, 0.4) is 0 Å². The molecule has 7 rings (SSSR count). The SMILES string of the molecule is COC[C@H](C[C@@H]1[C@@H](C)C/C=C\[C@H](OC)[C@@H]2CC[C@H]2CN2C[C@@]3(CCCc4cc(Cl)ccc43)COc3ccc(cc32)C(=O)NS1(=O)=O)OC(=O)c1ccccc1. The molecule has 0 saturated heterocycles. The van der Waals surface area contributed by atoms with Crippen molar-refractivity contribution in [1.82, 2.24) is 4.72 Å². The first-order valence-electron chi connectivity index (χ1n) is 19.3. The number of aryl methyl sites for hydroxylation is 1. The second-order valence-electron chi connectivity index (χ2n) is 15.7. The Morgan fingerprint density at radius 1 is 1.09 bits per heavy atom. The number of fused-ring (bicyclic) bond motifs is 4. The smallest absolute Gasteiger partial charge is 0.338 e. The van der Waals surface area contributed by atoms with E-state index in [2.05, 4.69) is 27.8 Å². The van der Waals surface area contributed by atoms with Gasteiger partial charge in [-0.2, -0.15) is 0 Å². The van der Waals surface area contributed by atoms with Crippen LogP contribution in [0.1, 0.15) is 77.3 Å². The van der Waals surface area contributed by atoms with Gasteiger partial charge >= 0.3 is 5.97 Å². The van der Waals surface area contributed by atoms with Crippen molar-refractivity contribution in [2.75, 3.05) is 45.4 Å². The molecule has 2 aliphatic heterocycles. The van der Waals surface area contributed by atoms with Crippen LogP contribution in [0.5, 0.6) is 5.75 Å². The number of methoxy groups -OCH3 is 2. The molecule has 3 aromatic rings. The van der Waals surface area contributed by atoms with Crippen LogP contribution in [-0.4, -0.2) is 78.3 Å². The van der Waals surface area contributed by atoms with Crippen LogP contribution < -0.4 is 14.4 Å². The Morgan fingerprint density at radius 3 is 2.65 bits per heavy atom. The summed E-state index contributed by atoms with van der Waals surface area (Å²) in [7, 11) is -1.11. The molecule has 55 heavy (non-hydrogen) atoms. The first kappa shape index (κ1) is 39.3. The topological polar surface area (TPSA) is 120 Å². The molecule has 4 aliphatic rings. The summed E-state index contributed by atoms with van der Waals surface area (Å²) < 4.78 is 55.0. The minimum absolute atomic E-state index is 0.0183. The summed E-state index contributed by atoms with van der Waals surface area (Å²) in [5, 5.41) is -0.380. The van der Waals surface area contributed by atoms with Gasteiger partial charge in [-0.25, -0.2) is 17.9 Å². The highest BCUT2D eigenvalue weighted by atomic mass is 35.5. The van der Waals surface area contributed by atoms with E-state index in [1.165, 1.54) is 18.2 Å². The number of amides is 1. The van der Waals surface area contributed by atoms with E-state index in [0.717, 1.165) is 49.4 Å². The van der Waals surface area contributed by atoms with Gasteiger partial charge < -0.3 is 23.8 Å². The number of rotatable bonds is 7. The van der Waals surface area contributed by atoms with Crippen molar-refractivity contribution in [3.05, 3.63) is 106 Å². The van der Waals surface area contributed by atoms with Crippen LogP contribution in [-0.2, 0) is 36.1 Å². The van der Waals surface area contributed by atoms with Crippen molar-refractivity contribution in [3.8, 4) is 5.75 Å². The van der Waals surface area contributed by atoms with Gasteiger partial charge in [0.15, 0.2) is 0 Å². The van der Waals surface area contributed by atoms with E-state index in [-0.39, 0.29) is 36.0 Å². The number of hydrogen-bond donors (Lipinski definition) is 1. The van der Waals surface area contributed by atoms with E-state index >= 15 is 0 Å². The Hall–Kier alpha value is -3.90. The number of hydrogen-bond acceptors (Lipinski definition) is 9. The third-order valence-corrected chi connectivity index (χ3v) is 14.3. The molecule has 2 heterocycles. The van der Waals surface area contributed by atoms with Gasteiger partial charge in [0.05, 0.1) is 35.8 Å². The number of sulfonamides is 1. The summed E-state index contributed by atoms with van der Waals surface area (Å²) in [6.45, 7) is 3.71. The first-order valence-corrected chi connectivity index (χ1v) is 21.2. The normalized spacial score (nSPS) is 28.6. The molecule has 2 aliphatic carbocycles. The summed E-state index contributed by atoms with van der Waals surface area (Å²) in [6, 6.07) is 19.9. The van der Waals surface area contributed by atoms with Crippen molar-refractivity contribution in [3.63, 3.8) is 0 Å². The Kier molecular flexibility index (Phi) is 11.9. The highest BCUT2D eigenvalue weighted by molar-refractivity contribution is 7.90. The van der Waals surface area contributed by atoms with Crippen molar-refractivity contribution in [1.29, 1.82) is 0 Å². The predicted octanol–water partition coefficient (Wildman–Crippen LogP) is 7.14. The number of carbonyl (C=O) groups excluding carboxylic acids is 2. The average molecular weight is 791 g/mol. The van der Waals surface area contributed by atoms with E-state index < -0.39 is 39.2 Å². The van der Waals surface area contributed by atoms with E-state index in [9.17, 15) is 18.0 Å². The predicted molar refractivity (Wildman–Crippen MR) is 212 cm³/mol. The molecule has 0 unspecified atom stereocenters. The van der Waals surface area contributed by atoms with Gasteiger partial charge in [0.1, 0.15) is 11.9 Å². The van der Waals surface area contributed by atoms with Crippen molar-refractivity contribution < 1.29 is 37.0 Å². The van der Waals surface area contributed by atoms with Crippen LogP contribution in [0.4, 0.5) is 5.69 Å².